The SMILES string of the molecule is CNCC1(C(N)c2ccc(OC)cc2OC)CCC1. The van der Waals surface area contributed by atoms with Gasteiger partial charge < -0.3 is 20.5 Å². The standard InChI is InChI=1S/C15H24N2O2/c1-17-10-15(7-4-8-15)14(16)12-6-5-11(18-2)9-13(12)19-3/h5-6,9,14,17H,4,7-8,10,16H2,1-3H3. The second-order valence-electron chi connectivity index (χ2n) is 5.33. The van der Waals surface area contributed by atoms with Crippen molar-refractivity contribution in [3.8, 4) is 11.5 Å². The second kappa shape index (κ2) is 5.80. The summed E-state index contributed by atoms with van der Waals surface area (Å²) in [4.78, 5) is 0. The van der Waals surface area contributed by atoms with E-state index in [-0.39, 0.29) is 11.5 Å². The Bertz CT molecular complexity index is 430. The molecular weight excluding hydrogens is 240 g/mol. The molecule has 0 aliphatic heterocycles. The summed E-state index contributed by atoms with van der Waals surface area (Å²) < 4.78 is 10.7. The number of methoxy groups -OCH3 is 2. The lowest BCUT2D eigenvalue weighted by molar-refractivity contribution is 0.0934. The number of nitrogens with two attached hydrogens (primary N) is 1. The zero-order chi connectivity index (χ0) is 13.9. The highest BCUT2D eigenvalue weighted by molar-refractivity contribution is 5.43. The van der Waals surface area contributed by atoms with Gasteiger partial charge >= 0.3 is 0 Å². The molecule has 0 saturated heterocycles. The predicted octanol–water partition coefficient (Wildman–Crippen LogP) is 2.09. The van der Waals surface area contributed by atoms with Crippen LogP contribution in [-0.4, -0.2) is 27.8 Å². The molecule has 1 fully saturated rings. The van der Waals surface area contributed by atoms with E-state index in [1.165, 1.54) is 19.3 Å². The highest BCUT2D eigenvalue weighted by Crippen LogP contribution is 2.50. The quantitative estimate of drug-likeness (QED) is 0.826. The maximum atomic E-state index is 6.53. The summed E-state index contributed by atoms with van der Waals surface area (Å²) in [5.41, 5.74) is 7.76. The number of rotatable bonds is 6. The van der Waals surface area contributed by atoms with Crippen LogP contribution in [0.4, 0.5) is 0 Å². The van der Waals surface area contributed by atoms with Gasteiger partial charge in [0.1, 0.15) is 11.5 Å². The van der Waals surface area contributed by atoms with Gasteiger partial charge in [-0.2, -0.15) is 0 Å². The fraction of sp³-hybridized carbons (Fsp3) is 0.600. The molecule has 3 N–H and O–H groups in total. The molecule has 0 amide bonds. The van der Waals surface area contributed by atoms with E-state index in [1.807, 2.05) is 25.2 Å². The van der Waals surface area contributed by atoms with Crippen LogP contribution in [0.2, 0.25) is 0 Å². The fourth-order valence-corrected chi connectivity index (χ4v) is 2.99. The molecule has 1 atom stereocenters. The second-order valence-corrected chi connectivity index (χ2v) is 5.33. The van der Waals surface area contributed by atoms with E-state index >= 15 is 0 Å². The van der Waals surface area contributed by atoms with Crippen LogP contribution in [0.5, 0.6) is 11.5 Å². The van der Waals surface area contributed by atoms with Crippen molar-refractivity contribution in [1.82, 2.24) is 5.32 Å². The van der Waals surface area contributed by atoms with Gasteiger partial charge in [-0.1, -0.05) is 12.5 Å². The summed E-state index contributed by atoms with van der Waals surface area (Å²) in [6.07, 6.45) is 3.60. The molecule has 19 heavy (non-hydrogen) atoms. The lowest BCUT2D eigenvalue weighted by Crippen LogP contribution is -2.47. The van der Waals surface area contributed by atoms with E-state index in [0.717, 1.165) is 23.6 Å². The van der Waals surface area contributed by atoms with E-state index < -0.39 is 0 Å². The molecule has 1 aromatic carbocycles. The fourth-order valence-electron chi connectivity index (χ4n) is 2.99. The number of nitrogens with one attached hydrogen (secondary N) is 1. The molecule has 0 heterocycles. The third-order valence-electron chi connectivity index (χ3n) is 4.31. The van der Waals surface area contributed by atoms with Gasteiger partial charge in [-0.15, -0.1) is 0 Å². The van der Waals surface area contributed by atoms with Gasteiger partial charge in [-0.3, -0.25) is 0 Å². The van der Waals surface area contributed by atoms with Gasteiger partial charge in [0.2, 0.25) is 0 Å². The Morgan fingerprint density at radius 3 is 2.53 bits per heavy atom. The Kier molecular flexibility index (Phi) is 4.32. The van der Waals surface area contributed by atoms with Gasteiger partial charge in [0.25, 0.3) is 0 Å². The van der Waals surface area contributed by atoms with Crippen LogP contribution in [0.3, 0.4) is 0 Å². The lowest BCUT2D eigenvalue weighted by atomic mass is 9.62. The number of hydrogen-bond acceptors (Lipinski definition) is 4. The summed E-state index contributed by atoms with van der Waals surface area (Å²) in [7, 11) is 5.32. The molecule has 4 heteroatoms. The van der Waals surface area contributed by atoms with Crippen LogP contribution in [0.25, 0.3) is 0 Å². The van der Waals surface area contributed by atoms with Crippen molar-refractivity contribution in [1.29, 1.82) is 0 Å². The van der Waals surface area contributed by atoms with Crippen LogP contribution in [0.15, 0.2) is 18.2 Å². The van der Waals surface area contributed by atoms with Gasteiger partial charge in [0.05, 0.1) is 14.2 Å². The van der Waals surface area contributed by atoms with Crippen molar-refractivity contribution in [2.45, 2.75) is 25.3 Å². The molecule has 2 rings (SSSR count). The average molecular weight is 264 g/mol. The van der Waals surface area contributed by atoms with Crippen molar-refractivity contribution in [3.63, 3.8) is 0 Å². The highest BCUT2D eigenvalue weighted by Gasteiger charge is 2.43. The van der Waals surface area contributed by atoms with Crippen LogP contribution in [0, 0.1) is 5.41 Å². The van der Waals surface area contributed by atoms with Gasteiger partial charge in [-0.05, 0) is 26.0 Å². The maximum Gasteiger partial charge on any atom is 0.127 e. The van der Waals surface area contributed by atoms with Gasteiger partial charge in [0.15, 0.2) is 0 Å². The first-order chi connectivity index (χ1) is 9.16. The Hall–Kier alpha value is -1.26. The predicted molar refractivity (Wildman–Crippen MR) is 76.7 cm³/mol. The largest absolute Gasteiger partial charge is 0.497 e. The first-order valence-corrected chi connectivity index (χ1v) is 6.79. The normalized spacial score (nSPS) is 18.5. The molecule has 1 aromatic rings. The summed E-state index contributed by atoms with van der Waals surface area (Å²) in [6, 6.07) is 5.87. The summed E-state index contributed by atoms with van der Waals surface area (Å²) in [5.74, 6) is 1.61. The van der Waals surface area contributed by atoms with E-state index in [1.54, 1.807) is 14.2 Å². The summed E-state index contributed by atoms with van der Waals surface area (Å²) >= 11 is 0. The molecule has 106 valence electrons. The monoisotopic (exact) mass is 264 g/mol. The van der Waals surface area contributed by atoms with Gasteiger partial charge in [-0.25, -0.2) is 0 Å². The first-order valence-electron chi connectivity index (χ1n) is 6.79. The molecule has 0 bridgehead atoms. The minimum atomic E-state index is -0.00504. The number of ether oxygens (including phenoxy) is 2. The van der Waals surface area contributed by atoms with Gasteiger partial charge in [0, 0.05) is 29.6 Å². The minimum absolute atomic E-state index is 0.00504. The Balaban J connectivity index is 2.29. The average Bonchev–Trinajstić information content (AvgIpc) is 2.41. The lowest BCUT2D eigenvalue weighted by Gasteiger charge is -2.46. The molecule has 4 nitrogen and oxygen atoms in total. The molecule has 1 aliphatic carbocycles. The number of hydrogen-bond donors (Lipinski definition) is 2. The van der Waals surface area contributed by atoms with Crippen molar-refractivity contribution in [2.24, 2.45) is 11.1 Å². The van der Waals surface area contributed by atoms with Crippen molar-refractivity contribution in [3.05, 3.63) is 23.8 Å². The topological polar surface area (TPSA) is 56.5 Å². The van der Waals surface area contributed by atoms with E-state index in [0.29, 0.717) is 0 Å². The first kappa shape index (κ1) is 14.2. The van der Waals surface area contributed by atoms with Crippen LogP contribution in [0.1, 0.15) is 30.9 Å². The van der Waals surface area contributed by atoms with E-state index in [4.69, 9.17) is 15.2 Å². The Labute approximate surface area is 115 Å². The summed E-state index contributed by atoms with van der Waals surface area (Å²) in [6.45, 7) is 0.948. The Morgan fingerprint density at radius 2 is 2.05 bits per heavy atom. The molecule has 1 saturated carbocycles. The van der Waals surface area contributed by atoms with E-state index in [9.17, 15) is 0 Å². The molecule has 1 unspecified atom stereocenters. The Morgan fingerprint density at radius 1 is 1.32 bits per heavy atom. The van der Waals surface area contributed by atoms with Crippen molar-refractivity contribution >= 4 is 0 Å². The van der Waals surface area contributed by atoms with Crippen LogP contribution >= 0.6 is 0 Å². The third kappa shape index (κ3) is 2.55. The smallest absolute Gasteiger partial charge is 0.127 e. The molecule has 1 aliphatic rings. The van der Waals surface area contributed by atoms with E-state index in [2.05, 4.69) is 5.32 Å². The number of benzene rings is 1. The zero-order valence-electron chi connectivity index (χ0n) is 12.0. The molecule has 0 radical (unpaired) electrons. The van der Waals surface area contributed by atoms with Crippen LogP contribution in [-0.2, 0) is 0 Å². The highest BCUT2D eigenvalue weighted by atomic mass is 16.5. The minimum Gasteiger partial charge on any atom is -0.497 e. The van der Waals surface area contributed by atoms with Crippen molar-refractivity contribution in [2.75, 3.05) is 27.8 Å². The molecular formula is C15H24N2O2. The van der Waals surface area contributed by atoms with Crippen molar-refractivity contribution < 1.29 is 9.47 Å². The maximum absolute atomic E-state index is 6.53. The summed E-state index contributed by atoms with van der Waals surface area (Å²) in [5, 5.41) is 3.28. The zero-order valence-corrected chi connectivity index (χ0v) is 12.0. The van der Waals surface area contributed by atoms with Crippen LogP contribution < -0.4 is 20.5 Å². The third-order valence-corrected chi connectivity index (χ3v) is 4.31. The molecule has 0 aromatic heterocycles. The molecule has 0 spiro atoms.